The molecule has 25 heavy (non-hydrogen) atoms. The van der Waals surface area contributed by atoms with Crippen molar-refractivity contribution in [1.82, 2.24) is 14.7 Å². The second-order valence-corrected chi connectivity index (χ2v) is 6.48. The van der Waals surface area contributed by atoms with E-state index in [2.05, 4.69) is 4.90 Å². The molecule has 7 heteroatoms. The Bertz CT molecular complexity index is 625. The van der Waals surface area contributed by atoms with E-state index in [1.165, 1.54) is 0 Å². The minimum absolute atomic E-state index is 0.149. The van der Waals surface area contributed by atoms with Gasteiger partial charge >= 0.3 is 0 Å². The summed E-state index contributed by atoms with van der Waals surface area (Å²) in [6, 6.07) is 9.51. The molecule has 2 fully saturated rings. The van der Waals surface area contributed by atoms with Gasteiger partial charge in [0.15, 0.2) is 0 Å². The van der Waals surface area contributed by atoms with Crippen molar-refractivity contribution in [3.05, 3.63) is 35.9 Å². The monoisotopic (exact) mass is 345 g/mol. The highest BCUT2D eigenvalue weighted by Gasteiger charge is 2.32. The zero-order valence-corrected chi connectivity index (χ0v) is 14.1. The van der Waals surface area contributed by atoms with E-state index >= 15 is 0 Å². The highest BCUT2D eigenvalue weighted by Crippen LogP contribution is 2.16. The van der Waals surface area contributed by atoms with Crippen molar-refractivity contribution in [2.24, 2.45) is 0 Å². The quantitative estimate of drug-likeness (QED) is 0.761. The molecule has 1 aromatic rings. The maximum absolute atomic E-state index is 12.3. The second kappa shape index (κ2) is 7.76. The predicted molar refractivity (Wildman–Crippen MR) is 90.4 cm³/mol. The number of amides is 3. The fourth-order valence-corrected chi connectivity index (χ4v) is 3.24. The number of rotatable bonds is 5. The molecule has 3 amide bonds. The molecule has 0 spiro atoms. The van der Waals surface area contributed by atoms with Crippen LogP contribution in [0, 0.1) is 0 Å². The van der Waals surface area contributed by atoms with Gasteiger partial charge in [-0.05, 0) is 5.56 Å². The van der Waals surface area contributed by atoms with Gasteiger partial charge in [0.25, 0.3) is 0 Å². The van der Waals surface area contributed by atoms with E-state index in [-0.39, 0.29) is 37.1 Å². The maximum atomic E-state index is 12.3. The molecule has 1 atom stereocenters. The van der Waals surface area contributed by atoms with E-state index in [4.69, 9.17) is 0 Å². The average molecular weight is 345 g/mol. The van der Waals surface area contributed by atoms with Gasteiger partial charge in [0, 0.05) is 45.6 Å². The van der Waals surface area contributed by atoms with Crippen molar-refractivity contribution in [2.75, 3.05) is 39.3 Å². The smallest absolute Gasteiger partial charge is 0.242 e. The number of likely N-dealkylation sites (tertiary alicyclic amines) is 1. The number of imide groups is 1. The molecule has 7 nitrogen and oxygen atoms in total. The van der Waals surface area contributed by atoms with Gasteiger partial charge in [-0.15, -0.1) is 0 Å². The third-order valence-electron chi connectivity index (χ3n) is 4.79. The topological polar surface area (TPSA) is 81.2 Å². The van der Waals surface area contributed by atoms with E-state index in [0.717, 1.165) is 10.5 Å². The van der Waals surface area contributed by atoms with Crippen molar-refractivity contribution in [1.29, 1.82) is 0 Å². The Hall–Kier alpha value is -2.25. The van der Waals surface area contributed by atoms with E-state index in [1.54, 1.807) is 4.90 Å². The Morgan fingerprint density at radius 3 is 2.20 bits per heavy atom. The number of hydrogen-bond acceptors (Lipinski definition) is 5. The lowest BCUT2D eigenvalue weighted by molar-refractivity contribution is -0.146. The maximum Gasteiger partial charge on any atom is 0.242 e. The van der Waals surface area contributed by atoms with Crippen LogP contribution >= 0.6 is 0 Å². The molecule has 0 radical (unpaired) electrons. The first-order chi connectivity index (χ1) is 12.0. The molecule has 134 valence electrons. The van der Waals surface area contributed by atoms with Crippen LogP contribution in [0.25, 0.3) is 0 Å². The van der Waals surface area contributed by atoms with Crippen LogP contribution in [0.3, 0.4) is 0 Å². The number of hydrogen-bond donors (Lipinski definition) is 1. The molecule has 2 heterocycles. The van der Waals surface area contributed by atoms with Crippen LogP contribution in [0.2, 0.25) is 0 Å². The van der Waals surface area contributed by atoms with Crippen molar-refractivity contribution in [3.63, 3.8) is 0 Å². The second-order valence-electron chi connectivity index (χ2n) is 6.48. The molecule has 0 saturated carbocycles. The Morgan fingerprint density at radius 1 is 1.00 bits per heavy atom. The molecule has 2 aliphatic heterocycles. The summed E-state index contributed by atoms with van der Waals surface area (Å²) in [5.41, 5.74) is 0.882. The lowest BCUT2D eigenvalue weighted by Crippen LogP contribution is -2.52. The fraction of sp³-hybridized carbons (Fsp3) is 0.500. The summed E-state index contributed by atoms with van der Waals surface area (Å²) in [6.07, 6.45) is -0.141. The molecule has 2 saturated heterocycles. The Morgan fingerprint density at radius 2 is 1.60 bits per heavy atom. The summed E-state index contributed by atoms with van der Waals surface area (Å²) in [5.74, 6) is -0.710. The van der Waals surface area contributed by atoms with Gasteiger partial charge in [0.1, 0.15) is 6.54 Å². The molecule has 3 rings (SSSR count). The summed E-state index contributed by atoms with van der Waals surface area (Å²) in [5, 5.41) is 10.3. The first-order valence-electron chi connectivity index (χ1n) is 8.61. The first kappa shape index (κ1) is 17.6. The number of aliphatic hydroxyl groups is 1. The zero-order valence-electron chi connectivity index (χ0n) is 14.1. The average Bonchev–Trinajstić information content (AvgIpc) is 2.95. The van der Waals surface area contributed by atoms with Crippen LogP contribution in [-0.2, 0) is 14.4 Å². The van der Waals surface area contributed by atoms with Crippen LogP contribution in [0.5, 0.6) is 0 Å². The summed E-state index contributed by atoms with van der Waals surface area (Å²) >= 11 is 0. The molecule has 0 bridgehead atoms. The van der Waals surface area contributed by atoms with E-state index in [1.807, 2.05) is 30.3 Å². The summed E-state index contributed by atoms with van der Waals surface area (Å²) in [7, 11) is 0. The van der Waals surface area contributed by atoms with Crippen LogP contribution in [0.4, 0.5) is 0 Å². The van der Waals surface area contributed by atoms with E-state index in [0.29, 0.717) is 32.7 Å². The van der Waals surface area contributed by atoms with Crippen LogP contribution in [-0.4, -0.2) is 76.8 Å². The number of nitrogens with zero attached hydrogens (tertiary/aromatic N) is 3. The van der Waals surface area contributed by atoms with Crippen molar-refractivity contribution < 1.29 is 19.5 Å². The molecular formula is C18H23N3O4. The van der Waals surface area contributed by atoms with Crippen LogP contribution < -0.4 is 0 Å². The van der Waals surface area contributed by atoms with E-state index < -0.39 is 6.10 Å². The third-order valence-corrected chi connectivity index (χ3v) is 4.79. The molecular weight excluding hydrogens is 322 g/mol. The van der Waals surface area contributed by atoms with Gasteiger partial charge in [-0.3, -0.25) is 24.2 Å². The summed E-state index contributed by atoms with van der Waals surface area (Å²) < 4.78 is 0. The van der Waals surface area contributed by atoms with Crippen molar-refractivity contribution in [2.45, 2.75) is 18.9 Å². The van der Waals surface area contributed by atoms with Crippen LogP contribution in [0.1, 0.15) is 24.5 Å². The molecule has 1 N–H and O–H groups in total. The number of carbonyl (C=O) groups is 3. The Kier molecular flexibility index (Phi) is 5.45. The number of aliphatic hydroxyl groups excluding tert-OH is 1. The number of benzene rings is 1. The highest BCUT2D eigenvalue weighted by atomic mass is 16.3. The summed E-state index contributed by atoms with van der Waals surface area (Å²) in [6.45, 7) is 2.78. The fourth-order valence-electron chi connectivity index (χ4n) is 3.24. The number of piperazine rings is 1. The van der Waals surface area contributed by atoms with Crippen LogP contribution in [0.15, 0.2) is 30.3 Å². The minimum Gasteiger partial charge on any atom is -0.387 e. The standard InChI is InChI=1S/C18H23N3O4/c22-15(14-4-2-1-3-5-14)12-19-8-10-20(11-9-19)18(25)13-21-16(23)6-7-17(21)24/h1-5,15,22H,6-13H2/t15-/m0/s1. The number of β-amino-alcohol motifs (C(OH)–C–C–N with tert-alkyl or cyclic N) is 1. The SMILES string of the molecule is O=C(CN1C(=O)CCC1=O)N1CCN(C[C@H](O)c2ccccc2)CC1. The third kappa shape index (κ3) is 4.24. The Labute approximate surface area is 146 Å². The Balaban J connectivity index is 1.46. The summed E-state index contributed by atoms with van der Waals surface area (Å²) in [4.78, 5) is 40.4. The highest BCUT2D eigenvalue weighted by molar-refractivity contribution is 6.04. The lowest BCUT2D eigenvalue weighted by Gasteiger charge is -2.36. The van der Waals surface area contributed by atoms with Gasteiger partial charge in [0.2, 0.25) is 17.7 Å². The van der Waals surface area contributed by atoms with Gasteiger partial charge in [-0.1, -0.05) is 30.3 Å². The first-order valence-corrected chi connectivity index (χ1v) is 8.61. The lowest BCUT2D eigenvalue weighted by atomic mass is 10.1. The van der Waals surface area contributed by atoms with Gasteiger partial charge in [-0.25, -0.2) is 0 Å². The van der Waals surface area contributed by atoms with Gasteiger partial charge < -0.3 is 10.0 Å². The number of carbonyl (C=O) groups excluding carboxylic acids is 3. The largest absolute Gasteiger partial charge is 0.387 e. The molecule has 2 aliphatic rings. The van der Waals surface area contributed by atoms with Crippen molar-refractivity contribution >= 4 is 17.7 Å². The predicted octanol–water partition coefficient (Wildman–Crippen LogP) is 0.0132. The normalized spacial score (nSPS) is 20.2. The molecule has 0 aliphatic carbocycles. The minimum atomic E-state index is -0.553. The molecule has 0 unspecified atom stereocenters. The van der Waals surface area contributed by atoms with Crippen molar-refractivity contribution in [3.8, 4) is 0 Å². The molecule has 1 aromatic carbocycles. The van der Waals surface area contributed by atoms with Gasteiger partial charge in [0.05, 0.1) is 6.10 Å². The van der Waals surface area contributed by atoms with E-state index in [9.17, 15) is 19.5 Å². The molecule has 0 aromatic heterocycles. The zero-order chi connectivity index (χ0) is 17.8. The van der Waals surface area contributed by atoms with Gasteiger partial charge in [-0.2, -0.15) is 0 Å².